The summed E-state index contributed by atoms with van der Waals surface area (Å²) in [4.78, 5) is 17.3. The van der Waals surface area contributed by atoms with Gasteiger partial charge in [-0.2, -0.15) is 0 Å². The van der Waals surface area contributed by atoms with Crippen LogP contribution < -0.4 is 0 Å². The molecule has 0 bridgehead atoms. The van der Waals surface area contributed by atoms with E-state index in [4.69, 9.17) is 44.5 Å². The zero-order valence-electron chi connectivity index (χ0n) is 17.2. The number of hydrogen-bond acceptors (Lipinski definition) is 3. The van der Waals surface area contributed by atoms with Crippen LogP contribution >= 0.6 is 50.7 Å². The number of carbonyl (C=O) groups is 1. The number of esters is 1. The average Bonchev–Trinajstić information content (AvgIpc) is 2.83. The highest BCUT2D eigenvalue weighted by Gasteiger charge is 2.18. The SMILES string of the molecule is O=C(OCc1cc(-c2ccc(Cl)cc2Cl)c(-c2ccc(Br)cc2)nc1CCl)c1ccccc1. The second-order valence-corrected chi connectivity index (χ2v) is 9.22. The van der Waals surface area contributed by atoms with Crippen molar-refractivity contribution in [2.75, 3.05) is 0 Å². The largest absolute Gasteiger partial charge is 0.457 e. The molecule has 7 heteroatoms. The molecule has 0 aliphatic carbocycles. The third-order valence-electron chi connectivity index (χ3n) is 5.02. The van der Waals surface area contributed by atoms with Gasteiger partial charge in [-0.25, -0.2) is 4.79 Å². The summed E-state index contributed by atoms with van der Waals surface area (Å²) in [6, 6.07) is 23.9. The molecule has 33 heavy (non-hydrogen) atoms. The lowest BCUT2D eigenvalue weighted by Gasteiger charge is -2.16. The Kier molecular flexibility index (Phi) is 7.71. The number of rotatable bonds is 6. The Bertz CT molecular complexity index is 1300. The van der Waals surface area contributed by atoms with Gasteiger partial charge in [-0.1, -0.05) is 75.5 Å². The van der Waals surface area contributed by atoms with Gasteiger partial charge in [0, 0.05) is 36.8 Å². The lowest BCUT2D eigenvalue weighted by atomic mass is 9.96. The smallest absolute Gasteiger partial charge is 0.338 e. The fourth-order valence-electron chi connectivity index (χ4n) is 3.38. The Morgan fingerprint density at radius 1 is 0.909 bits per heavy atom. The molecule has 0 radical (unpaired) electrons. The second-order valence-electron chi connectivity index (χ2n) is 7.20. The van der Waals surface area contributed by atoms with Crippen LogP contribution in [0, 0.1) is 0 Å². The number of hydrogen-bond donors (Lipinski definition) is 0. The zero-order chi connectivity index (χ0) is 23.4. The summed E-state index contributed by atoms with van der Waals surface area (Å²) in [5.74, 6) is -0.254. The molecule has 0 fully saturated rings. The Morgan fingerprint density at radius 2 is 1.64 bits per heavy atom. The maximum atomic E-state index is 12.5. The molecule has 0 N–H and O–H groups in total. The fraction of sp³-hybridized carbons (Fsp3) is 0.0769. The minimum atomic E-state index is -0.417. The van der Waals surface area contributed by atoms with Crippen LogP contribution in [0.4, 0.5) is 0 Å². The third kappa shape index (κ3) is 5.59. The van der Waals surface area contributed by atoms with Crippen LogP contribution in [-0.2, 0) is 17.2 Å². The predicted molar refractivity (Wildman–Crippen MR) is 138 cm³/mol. The van der Waals surface area contributed by atoms with E-state index in [0.717, 1.165) is 26.9 Å². The molecule has 4 aromatic rings. The van der Waals surface area contributed by atoms with Gasteiger partial charge in [0.15, 0.2) is 0 Å². The molecule has 166 valence electrons. The van der Waals surface area contributed by atoms with Crippen molar-refractivity contribution in [2.24, 2.45) is 0 Å². The Hall–Kier alpha value is -2.37. The quantitative estimate of drug-likeness (QED) is 0.175. The molecule has 1 heterocycles. The van der Waals surface area contributed by atoms with Crippen LogP contribution in [0.2, 0.25) is 10.0 Å². The number of nitrogens with zero attached hydrogens (tertiary/aromatic N) is 1. The molecule has 0 amide bonds. The van der Waals surface area contributed by atoms with Gasteiger partial charge in [0.2, 0.25) is 0 Å². The number of pyridine rings is 1. The van der Waals surface area contributed by atoms with E-state index in [0.29, 0.717) is 26.9 Å². The third-order valence-corrected chi connectivity index (χ3v) is 6.35. The van der Waals surface area contributed by atoms with Crippen molar-refractivity contribution in [3.8, 4) is 22.4 Å². The van der Waals surface area contributed by atoms with Crippen molar-refractivity contribution in [2.45, 2.75) is 12.5 Å². The van der Waals surface area contributed by atoms with Crippen LogP contribution in [0.15, 0.2) is 83.3 Å². The highest BCUT2D eigenvalue weighted by atomic mass is 79.9. The van der Waals surface area contributed by atoms with Crippen LogP contribution in [-0.4, -0.2) is 11.0 Å². The highest BCUT2D eigenvalue weighted by molar-refractivity contribution is 9.10. The van der Waals surface area contributed by atoms with Gasteiger partial charge in [0.25, 0.3) is 0 Å². The molecular weight excluding hydrogens is 545 g/mol. The molecule has 0 unspecified atom stereocenters. The number of benzene rings is 3. The van der Waals surface area contributed by atoms with Crippen molar-refractivity contribution in [3.63, 3.8) is 0 Å². The molecule has 3 nitrogen and oxygen atoms in total. The first kappa shape index (κ1) is 23.8. The zero-order valence-corrected chi connectivity index (χ0v) is 21.0. The first-order valence-corrected chi connectivity index (χ1v) is 12.1. The number of aromatic nitrogens is 1. The van der Waals surface area contributed by atoms with Gasteiger partial charge in [-0.15, -0.1) is 11.6 Å². The molecule has 0 atom stereocenters. The fourth-order valence-corrected chi connectivity index (χ4v) is 4.38. The summed E-state index contributed by atoms with van der Waals surface area (Å²) in [7, 11) is 0. The number of carbonyl (C=O) groups excluding carboxylic acids is 1. The van der Waals surface area contributed by atoms with E-state index in [2.05, 4.69) is 15.9 Å². The predicted octanol–water partition coefficient (Wildman–Crippen LogP) is 8.58. The molecule has 3 aromatic carbocycles. The van der Waals surface area contributed by atoms with E-state index >= 15 is 0 Å². The van der Waals surface area contributed by atoms with E-state index in [1.54, 1.807) is 36.4 Å². The van der Waals surface area contributed by atoms with Crippen molar-refractivity contribution in [1.82, 2.24) is 4.98 Å². The van der Waals surface area contributed by atoms with Gasteiger partial charge < -0.3 is 4.74 Å². The van der Waals surface area contributed by atoms with Gasteiger partial charge in [-0.3, -0.25) is 4.98 Å². The van der Waals surface area contributed by atoms with Gasteiger partial charge >= 0.3 is 5.97 Å². The normalized spacial score (nSPS) is 10.8. The van der Waals surface area contributed by atoms with Crippen molar-refractivity contribution in [1.29, 1.82) is 0 Å². The maximum absolute atomic E-state index is 12.5. The molecule has 0 saturated heterocycles. The molecule has 4 rings (SSSR count). The van der Waals surface area contributed by atoms with E-state index in [1.165, 1.54) is 0 Å². The first-order valence-electron chi connectivity index (χ1n) is 9.98. The minimum absolute atomic E-state index is 0.0294. The number of alkyl halides is 1. The molecular formula is C26H17BrCl3NO2. The molecule has 1 aromatic heterocycles. The van der Waals surface area contributed by atoms with E-state index < -0.39 is 5.97 Å². The van der Waals surface area contributed by atoms with Crippen LogP contribution in [0.25, 0.3) is 22.4 Å². The van der Waals surface area contributed by atoms with E-state index in [1.807, 2.05) is 42.5 Å². The minimum Gasteiger partial charge on any atom is -0.457 e. The topological polar surface area (TPSA) is 39.2 Å². The average molecular weight is 562 g/mol. The summed E-state index contributed by atoms with van der Waals surface area (Å²) < 4.78 is 6.52. The monoisotopic (exact) mass is 559 g/mol. The van der Waals surface area contributed by atoms with Crippen LogP contribution in [0.1, 0.15) is 21.6 Å². The second kappa shape index (κ2) is 10.7. The van der Waals surface area contributed by atoms with Crippen LogP contribution in [0.5, 0.6) is 0 Å². The van der Waals surface area contributed by atoms with E-state index in [9.17, 15) is 4.79 Å². The van der Waals surface area contributed by atoms with Crippen molar-refractivity contribution in [3.05, 3.63) is 110 Å². The summed E-state index contributed by atoms with van der Waals surface area (Å²) in [6.07, 6.45) is 0. The number of halogens is 4. The van der Waals surface area contributed by atoms with Crippen molar-refractivity contribution < 1.29 is 9.53 Å². The Morgan fingerprint density at radius 3 is 2.30 bits per heavy atom. The number of ether oxygens (including phenoxy) is 1. The summed E-state index contributed by atoms with van der Waals surface area (Å²) in [5, 5.41) is 1.03. The van der Waals surface area contributed by atoms with Gasteiger partial charge in [0.05, 0.1) is 22.8 Å². The lowest BCUT2D eigenvalue weighted by Crippen LogP contribution is -2.08. The molecule has 0 aliphatic heterocycles. The summed E-state index contributed by atoms with van der Waals surface area (Å²) in [5.41, 5.74) is 4.99. The molecule has 0 aliphatic rings. The Balaban J connectivity index is 1.79. The lowest BCUT2D eigenvalue weighted by molar-refractivity contribution is 0.0471. The standard InChI is InChI=1S/C26H17BrCl3NO2/c27-19-8-6-16(7-9-19)25-22(21-11-10-20(29)13-23(21)30)12-18(24(14-28)31-25)15-33-26(32)17-4-2-1-3-5-17/h1-13H,14-15H2. The highest BCUT2D eigenvalue weighted by Crippen LogP contribution is 2.38. The summed E-state index contributed by atoms with van der Waals surface area (Å²) in [6.45, 7) is 0.0294. The summed E-state index contributed by atoms with van der Waals surface area (Å²) >= 11 is 22.4. The Labute approximate surface area is 215 Å². The molecule has 0 spiro atoms. The van der Waals surface area contributed by atoms with E-state index in [-0.39, 0.29) is 12.5 Å². The molecule has 0 saturated carbocycles. The first-order chi connectivity index (χ1) is 16.0. The van der Waals surface area contributed by atoms with Crippen molar-refractivity contribution >= 4 is 56.7 Å². The van der Waals surface area contributed by atoms with Crippen LogP contribution in [0.3, 0.4) is 0 Å². The maximum Gasteiger partial charge on any atom is 0.338 e. The van der Waals surface area contributed by atoms with Gasteiger partial charge in [0.1, 0.15) is 6.61 Å². The van der Waals surface area contributed by atoms with Gasteiger partial charge in [-0.05, 0) is 42.5 Å².